The van der Waals surface area contributed by atoms with Crippen molar-refractivity contribution in [1.29, 1.82) is 0 Å². The first-order chi connectivity index (χ1) is 16.4. The lowest BCUT2D eigenvalue weighted by Crippen LogP contribution is -2.48. The van der Waals surface area contributed by atoms with Gasteiger partial charge < -0.3 is 20.8 Å². The second kappa shape index (κ2) is 11.0. The Balaban J connectivity index is 1.50. The van der Waals surface area contributed by atoms with Gasteiger partial charge in [-0.2, -0.15) is 16.9 Å². The van der Waals surface area contributed by atoms with Crippen LogP contribution in [0.5, 0.6) is 0 Å². The van der Waals surface area contributed by atoms with Gasteiger partial charge in [0.05, 0.1) is 17.8 Å². The fraction of sp³-hybridized carbons (Fsp3) is 0.600. The van der Waals surface area contributed by atoms with E-state index in [-0.39, 0.29) is 24.0 Å². The molecule has 3 rings (SSSR count). The third-order valence-electron chi connectivity index (χ3n) is 6.98. The highest BCUT2D eigenvalue weighted by Gasteiger charge is 2.46. The van der Waals surface area contributed by atoms with E-state index in [1.807, 2.05) is 25.6 Å². The Morgan fingerprint density at radius 1 is 1.31 bits per heavy atom. The van der Waals surface area contributed by atoms with Crippen LogP contribution in [0.15, 0.2) is 40.6 Å². The molecule has 4 atom stereocenters. The molecule has 3 unspecified atom stereocenters. The zero-order chi connectivity index (χ0) is 25.8. The van der Waals surface area contributed by atoms with Crippen molar-refractivity contribution in [2.75, 3.05) is 5.75 Å². The zero-order valence-electron chi connectivity index (χ0n) is 20.8. The molecule has 5 N–H and O–H groups in total. The van der Waals surface area contributed by atoms with Crippen molar-refractivity contribution in [3.05, 3.63) is 35.5 Å². The van der Waals surface area contributed by atoms with Crippen molar-refractivity contribution < 1.29 is 24.6 Å². The number of hydrogen-bond acceptors (Lipinski definition) is 6. The number of carboxylic acids is 1. The fourth-order valence-electron chi connectivity index (χ4n) is 4.92. The number of allylic oxidation sites excluding steroid dienone is 3. The number of nitrogens with one attached hydrogen (secondary N) is 3. The van der Waals surface area contributed by atoms with Crippen molar-refractivity contribution >= 4 is 35.4 Å². The number of aliphatic carboxylic acids is 1. The SMILES string of the molecule is CC1=C/C(=N\NC(=O)CCCCC2SCC3NC(=O)NC32)CC(C)(C)[C@@]1(O)/C=C/C(C)=C\C(=O)O. The van der Waals surface area contributed by atoms with Crippen LogP contribution in [0, 0.1) is 5.41 Å². The minimum Gasteiger partial charge on any atom is -0.478 e. The molecule has 0 saturated carbocycles. The second-order valence-electron chi connectivity index (χ2n) is 10.2. The van der Waals surface area contributed by atoms with E-state index in [0.29, 0.717) is 34.9 Å². The summed E-state index contributed by atoms with van der Waals surface area (Å²) >= 11 is 1.87. The summed E-state index contributed by atoms with van der Waals surface area (Å²) in [6.45, 7) is 7.29. The number of carbonyl (C=O) groups excluding carboxylic acids is 2. The summed E-state index contributed by atoms with van der Waals surface area (Å²) in [5.74, 6) is -0.256. The van der Waals surface area contributed by atoms with E-state index < -0.39 is 17.0 Å². The Kier molecular flexibility index (Phi) is 8.48. The number of aliphatic hydroxyl groups is 1. The van der Waals surface area contributed by atoms with E-state index in [1.54, 1.807) is 32.1 Å². The van der Waals surface area contributed by atoms with Gasteiger partial charge in [0.15, 0.2) is 0 Å². The molecule has 0 radical (unpaired) electrons. The first-order valence-corrected chi connectivity index (χ1v) is 13.0. The van der Waals surface area contributed by atoms with Crippen molar-refractivity contribution in [1.82, 2.24) is 16.1 Å². The Hall–Kier alpha value is -2.59. The van der Waals surface area contributed by atoms with Gasteiger partial charge >= 0.3 is 12.0 Å². The molecule has 3 aliphatic rings. The molecule has 2 saturated heterocycles. The lowest BCUT2D eigenvalue weighted by molar-refractivity contribution is -0.131. The normalized spacial score (nSPS) is 31.2. The number of hydrazone groups is 1. The van der Waals surface area contributed by atoms with Crippen LogP contribution in [0.2, 0.25) is 0 Å². The van der Waals surface area contributed by atoms with Crippen molar-refractivity contribution in [3.63, 3.8) is 0 Å². The van der Waals surface area contributed by atoms with Crippen molar-refractivity contribution in [3.8, 4) is 0 Å². The molecule has 0 spiro atoms. The Morgan fingerprint density at radius 3 is 2.74 bits per heavy atom. The quantitative estimate of drug-likeness (QED) is 0.108. The number of urea groups is 1. The maximum Gasteiger partial charge on any atom is 0.328 e. The smallest absolute Gasteiger partial charge is 0.328 e. The van der Waals surface area contributed by atoms with E-state index >= 15 is 0 Å². The number of fused-ring (bicyclic) bond motifs is 1. The van der Waals surface area contributed by atoms with E-state index in [1.165, 1.54) is 0 Å². The van der Waals surface area contributed by atoms with Crippen LogP contribution in [0.1, 0.15) is 59.8 Å². The number of thioether (sulfide) groups is 1. The molecule has 0 aromatic heterocycles. The van der Waals surface area contributed by atoms with Crippen LogP contribution < -0.4 is 16.1 Å². The molecule has 2 fully saturated rings. The van der Waals surface area contributed by atoms with Gasteiger partial charge in [-0.15, -0.1) is 0 Å². The van der Waals surface area contributed by atoms with Gasteiger partial charge in [0.25, 0.3) is 0 Å². The van der Waals surface area contributed by atoms with Crippen molar-refractivity contribution in [2.24, 2.45) is 10.5 Å². The molecule has 35 heavy (non-hydrogen) atoms. The number of rotatable bonds is 9. The average Bonchev–Trinajstić information content (AvgIpc) is 3.30. The number of unbranched alkanes of at least 4 members (excludes halogenated alkanes) is 1. The molecular formula is C25H36N4O5S. The van der Waals surface area contributed by atoms with Crippen LogP contribution in [0.25, 0.3) is 0 Å². The number of carbonyl (C=O) groups is 3. The molecule has 192 valence electrons. The number of nitrogens with zero attached hydrogens (tertiary/aromatic N) is 1. The predicted molar refractivity (Wildman–Crippen MR) is 137 cm³/mol. The molecule has 3 amide bonds. The van der Waals surface area contributed by atoms with E-state index in [4.69, 9.17) is 5.11 Å². The summed E-state index contributed by atoms with van der Waals surface area (Å²) in [5, 5.41) is 30.8. The molecule has 10 heteroatoms. The maximum atomic E-state index is 12.3. The molecule has 2 aliphatic heterocycles. The largest absolute Gasteiger partial charge is 0.478 e. The third-order valence-corrected chi connectivity index (χ3v) is 8.49. The molecular weight excluding hydrogens is 468 g/mol. The van der Waals surface area contributed by atoms with Crippen LogP contribution >= 0.6 is 11.8 Å². The lowest BCUT2D eigenvalue weighted by Gasteiger charge is -2.44. The summed E-state index contributed by atoms with van der Waals surface area (Å²) in [6.07, 6.45) is 9.52. The minimum absolute atomic E-state index is 0.0847. The van der Waals surface area contributed by atoms with E-state index in [0.717, 1.165) is 31.1 Å². The summed E-state index contributed by atoms with van der Waals surface area (Å²) < 4.78 is 0. The summed E-state index contributed by atoms with van der Waals surface area (Å²) in [4.78, 5) is 34.6. The highest BCUT2D eigenvalue weighted by Crippen LogP contribution is 2.44. The van der Waals surface area contributed by atoms with Crippen LogP contribution in [-0.2, 0) is 9.59 Å². The average molecular weight is 505 g/mol. The molecule has 2 heterocycles. The van der Waals surface area contributed by atoms with Gasteiger partial charge in [0, 0.05) is 28.9 Å². The van der Waals surface area contributed by atoms with Crippen molar-refractivity contribution in [2.45, 2.75) is 82.7 Å². The summed E-state index contributed by atoms with van der Waals surface area (Å²) in [7, 11) is 0. The fourth-order valence-corrected chi connectivity index (χ4v) is 6.46. The molecule has 1 aliphatic carbocycles. The standard InChI is InChI=1S/C25H36N4O5S/c1-15(11-21(31)32)9-10-25(34)16(2)12-17(13-24(25,3)4)28-29-20(30)8-6-5-7-19-22-18(14-35-19)26-23(33)27-22/h9-12,18-19,22,34H,5-8,13-14H2,1-4H3,(H,29,30)(H,31,32)(H2,26,27,33)/b10-9+,15-11-,28-17+/t18?,19?,22?,25-/m1/s1. The van der Waals surface area contributed by atoms with Gasteiger partial charge in [0.2, 0.25) is 5.91 Å². The van der Waals surface area contributed by atoms with Crippen LogP contribution in [0.4, 0.5) is 4.79 Å². The first kappa shape index (κ1) is 27.0. The maximum absolute atomic E-state index is 12.3. The molecule has 0 aromatic rings. The third kappa shape index (κ3) is 6.55. The van der Waals surface area contributed by atoms with Gasteiger partial charge in [-0.3, -0.25) is 4.79 Å². The van der Waals surface area contributed by atoms with Gasteiger partial charge in [-0.25, -0.2) is 15.0 Å². The van der Waals surface area contributed by atoms with E-state index in [2.05, 4.69) is 21.2 Å². The van der Waals surface area contributed by atoms with Crippen LogP contribution in [-0.4, -0.2) is 62.5 Å². The highest BCUT2D eigenvalue weighted by molar-refractivity contribution is 8.00. The van der Waals surface area contributed by atoms with Gasteiger partial charge in [-0.1, -0.05) is 26.3 Å². The summed E-state index contributed by atoms with van der Waals surface area (Å²) in [6, 6.07) is 0.313. The predicted octanol–water partition coefficient (Wildman–Crippen LogP) is 2.88. The Bertz CT molecular complexity index is 986. The Morgan fingerprint density at radius 2 is 2.06 bits per heavy atom. The first-order valence-electron chi connectivity index (χ1n) is 12.0. The second-order valence-corrected chi connectivity index (χ2v) is 11.5. The topological polar surface area (TPSA) is 140 Å². The minimum atomic E-state index is -1.27. The van der Waals surface area contributed by atoms with E-state index in [9.17, 15) is 19.5 Å². The Labute approximate surface area is 210 Å². The molecule has 0 aromatic carbocycles. The zero-order valence-corrected chi connectivity index (χ0v) is 21.6. The lowest BCUT2D eigenvalue weighted by atomic mass is 9.64. The van der Waals surface area contributed by atoms with Crippen LogP contribution in [0.3, 0.4) is 0 Å². The number of hydrogen-bond donors (Lipinski definition) is 5. The number of amides is 3. The molecule has 9 nitrogen and oxygen atoms in total. The number of carboxylic acid groups (broad SMARTS) is 1. The highest BCUT2D eigenvalue weighted by atomic mass is 32.2. The monoisotopic (exact) mass is 504 g/mol. The molecule has 0 bridgehead atoms. The van der Waals surface area contributed by atoms with Gasteiger partial charge in [0.1, 0.15) is 5.60 Å². The summed E-state index contributed by atoms with van der Waals surface area (Å²) in [5.41, 5.74) is 2.63. The van der Waals surface area contributed by atoms with Gasteiger partial charge in [-0.05, 0) is 56.4 Å².